The third-order valence-corrected chi connectivity index (χ3v) is 6.36. The van der Waals surface area contributed by atoms with Gasteiger partial charge in [0.2, 0.25) is 5.95 Å². The van der Waals surface area contributed by atoms with Crippen LogP contribution >= 0.6 is 11.6 Å². The van der Waals surface area contributed by atoms with Crippen LogP contribution in [0.2, 0.25) is 5.15 Å². The molecule has 1 fully saturated rings. The van der Waals surface area contributed by atoms with Crippen molar-refractivity contribution in [2.24, 2.45) is 0 Å². The van der Waals surface area contributed by atoms with Gasteiger partial charge in [0.15, 0.2) is 11.4 Å². The Morgan fingerprint density at radius 2 is 1.92 bits per heavy atom. The zero-order chi connectivity index (χ0) is 26.5. The fourth-order valence-electron chi connectivity index (χ4n) is 4.46. The van der Waals surface area contributed by atoms with E-state index in [1.165, 1.54) is 16.5 Å². The monoisotopic (exact) mass is 534 g/mol. The van der Waals surface area contributed by atoms with Crippen LogP contribution in [0.5, 0.6) is 0 Å². The molecule has 1 aliphatic rings. The Morgan fingerprint density at radius 1 is 1.19 bits per heavy atom. The number of rotatable bonds is 5. The summed E-state index contributed by atoms with van der Waals surface area (Å²) in [6.07, 6.45) is -3.66. The number of pyridine rings is 1. The third kappa shape index (κ3) is 4.74. The lowest BCUT2D eigenvalue weighted by atomic mass is 10.0. The smallest absolute Gasteiger partial charge is 0.434 e. The standard InChI is InChI=1S/C24H22ClF3N6O3/c1-12-9-14(13(2)29-16-3-4-18(25)31-20(16)22(35)36)19-15(10-12)21-30-17(24(26,27)28)11-34(21)23(32-19)33-5-7-37-8-6-33/h3-4,9-11,13,29H,5-8H2,1-2H3,(H,35,36)/t13-/m1/s1. The fourth-order valence-corrected chi connectivity index (χ4v) is 4.61. The van der Waals surface area contributed by atoms with Crippen LogP contribution < -0.4 is 10.2 Å². The average molecular weight is 535 g/mol. The highest BCUT2D eigenvalue weighted by atomic mass is 35.5. The van der Waals surface area contributed by atoms with Crippen molar-refractivity contribution in [3.8, 4) is 0 Å². The molecule has 5 rings (SSSR count). The molecule has 0 aliphatic carbocycles. The summed E-state index contributed by atoms with van der Waals surface area (Å²) in [6, 6.07) is 6.11. The van der Waals surface area contributed by atoms with Crippen LogP contribution in [-0.4, -0.2) is 56.7 Å². The molecule has 13 heteroatoms. The molecular weight excluding hydrogens is 513 g/mol. The van der Waals surface area contributed by atoms with Crippen molar-refractivity contribution in [1.82, 2.24) is 19.4 Å². The Labute approximate surface area is 213 Å². The van der Waals surface area contributed by atoms with E-state index in [4.69, 9.17) is 21.3 Å². The van der Waals surface area contributed by atoms with Gasteiger partial charge in [-0.25, -0.2) is 19.7 Å². The number of benzene rings is 1. The molecule has 4 heterocycles. The number of carbonyl (C=O) groups is 1. The zero-order valence-corrected chi connectivity index (χ0v) is 20.6. The molecule has 1 aromatic carbocycles. The van der Waals surface area contributed by atoms with Crippen LogP contribution in [0.25, 0.3) is 16.6 Å². The number of ether oxygens (including phenoxy) is 1. The number of aromatic carboxylic acids is 1. The van der Waals surface area contributed by atoms with Gasteiger partial charge >= 0.3 is 12.1 Å². The average Bonchev–Trinajstić information content (AvgIpc) is 3.31. The first-order valence-electron chi connectivity index (χ1n) is 11.4. The molecule has 3 aromatic heterocycles. The number of imidazole rings is 1. The summed E-state index contributed by atoms with van der Waals surface area (Å²) < 4.78 is 47.8. The predicted molar refractivity (Wildman–Crippen MR) is 132 cm³/mol. The lowest BCUT2D eigenvalue weighted by molar-refractivity contribution is -0.140. The molecule has 4 aromatic rings. The SMILES string of the molecule is Cc1cc([C@@H](C)Nc2ccc(Cl)nc2C(=O)O)c2nc(N3CCOCC3)n3cc(C(F)(F)F)nc3c2c1. The highest BCUT2D eigenvalue weighted by molar-refractivity contribution is 6.29. The summed E-state index contributed by atoms with van der Waals surface area (Å²) in [5.41, 5.74) is 1.02. The Kier molecular flexibility index (Phi) is 6.32. The fraction of sp³-hybridized carbons (Fsp3) is 0.333. The molecule has 1 atom stereocenters. The van der Waals surface area contributed by atoms with Gasteiger partial charge in [0.25, 0.3) is 0 Å². The van der Waals surface area contributed by atoms with Crippen molar-refractivity contribution in [3.05, 3.63) is 58.1 Å². The molecule has 0 saturated carbocycles. The van der Waals surface area contributed by atoms with Gasteiger partial charge in [-0.2, -0.15) is 13.2 Å². The predicted octanol–water partition coefficient (Wildman–Crippen LogP) is 4.97. The van der Waals surface area contributed by atoms with Crippen LogP contribution in [-0.2, 0) is 10.9 Å². The second kappa shape index (κ2) is 9.34. The molecular formula is C24H22ClF3N6O3. The Morgan fingerprint density at radius 3 is 2.59 bits per heavy atom. The highest BCUT2D eigenvalue weighted by Gasteiger charge is 2.35. The number of hydrogen-bond acceptors (Lipinski definition) is 7. The summed E-state index contributed by atoms with van der Waals surface area (Å²) in [4.78, 5) is 26.3. The van der Waals surface area contributed by atoms with Crippen molar-refractivity contribution in [3.63, 3.8) is 0 Å². The number of anilines is 2. The second-order valence-corrected chi connectivity index (χ2v) is 9.17. The molecule has 9 nitrogen and oxygen atoms in total. The van der Waals surface area contributed by atoms with Crippen LogP contribution in [0.15, 0.2) is 30.5 Å². The van der Waals surface area contributed by atoms with E-state index in [-0.39, 0.29) is 22.2 Å². The van der Waals surface area contributed by atoms with E-state index in [9.17, 15) is 23.1 Å². The Bertz CT molecular complexity index is 1520. The maximum absolute atomic E-state index is 13.7. The number of nitrogens with zero attached hydrogens (tertiary/aromatic N) is 5. The van der Waals surface area contributed by atoms with Crippen LogP contribution in [0.3, 0.4) is 0 Å². The zero-order valence-electron chi connectivity index (χ0n) is 19.8. The van der Waals surface area contributed by atoms with Gasteiger partial charge in [0, 0.05) is 30.2 Å². The molecule has 0 spiro atoms. The molecule has 1 aliphatic heterocycles. The summed E-state index contributed by atoms with van der Waals surface area (Å²) in [7, 11) is 0. The number of nitrogens with one attached hydrogen (secondary N) is 1. The molecule has 0 unspecified atom stereocenters. The second-order valence-electron chi connectivity index (χ2n) is 8.78. The number of alkyl halides is 3. The number of halogens is 4. The summed E-state index contributed by atoms with van der Waals surface area (Å²) in [5, 5.41) is 13.2. The summed E-state index contributed by atoms with van der Waals surface area (Å²) in [5.74, 6) is -0.928. The largest absolute Gasteiger partial charge is 0.476 e. The quantitative estimate of drug-likeness (QED) is 0.346. The molecule has 0 amide bonds. The van der Waals surface area contributed by atoms with Crippen molar-refractivity contribution >= 4 is 45.8 Å². The van der Waals surface area contributed by atoms with Gasteiger partial charge in [-0.3, -0.25) is 4.40 Å². The highest BCUT2D eigenvalue weighted by Crippen LogP contribution is 2.35. The number of carboxylic acids is 1. The van der Waals surface area contributed by atoms with E-state index in [1.807, 2.05) is 17.9 Å². The van der Waals surface area contributed by atoms with E-state index >= 15 is 0 Å². The molecule has 0 radical (unpaired) electrons. The summed E-state index contributed by atoms with van der Waals surface area (Å²) in [6.45, 7) is 5.38. The minimum atomic E-state index is -4.63. The van der Waals surface area contributed by atoms with Gasteiger partial charge < -0.3 is 20.1 Å². The normalized spacial score (nSPS) is 15.4. The molecule has 1 saturated heterocycles. The topological polar surface area (TPSA) is 105 Å². The molecule has 37 heavy (non-hydrogen) atoms. The lowest BCUT2D eigenvalue weighted by Crippen LogP contribution is -2.38. The number of aromatic nitrogens is 4. The van der Waals surface area contributed by atoms with Gasteiger partial charge in [-0.05, 0) is 37.6 Å². The van der Waals surface area contributed by atoms with Crippen LogP contribution in [0, 0.1) is 6.92 Å². The van der Waals surface area contributed by atoms with E-state index < -0.39 is 23.9 Å². The number of carboxylic acid groups (broad SMARTS) is 1. The minimum Gasteiger partial charge on any atom is -0.476 e. The molecule has 194 valence electrons. The van der Waals surface area contributed by atoms with E-state index in [0.29, 0.717) is 48.7 Å². The maximum Gasteiger partial charge on any atom is 0.434 e. The molecule has 2 N–H and O–H groups in total. The van der Waals surface area contributed by atoms with Crippen molar-refractivity contribution < 1.29 is 27.8 Å². The van der Waals surface area contributed by atoms with Crippen molar-refractivity contribution in [2.45, 2.75) is 26.1 Å². The molecule has 0 bridgehead atoms. The number of morpholine rings is 1. The maximum atomic E-state index is 13.7. The number of hydrogen-bond donors (Lipinski definition) is 2. The number of fused-ring (bicyclic) bond motifs is 3. The lowest BCUT2D eigenvalue weighted by Gasteiger charge is -2.29. The minimum absolute atomic E-state index is 0.0376. The van der Waals surface area contributed by atoms with Crippen LogP contribution in [0.4, 0.5) is 24.8 Å². The number of aryl methyl sites for hydroxylation is 1. The van der Waals surface area contributed by atoms with Gasteiger partial charge in [0.05, 0.1) is 30.5 Å². The van der Waals surface area contributed by atoms with Gasteiger partial charge in [-0.15, -0.1) is 0 Å². The van der Waals surface area contributed by atoms with E-state index in [1.54, 1.807) is 13.0 Å². The van der Waals surface area contributed by atoms with Gasteiger partial charge in [0.1, 0.15) is 10.8 Å². The first-order valence-corrected chi connectivity index (χ1v) is 11.8. The van der Waals surface area contributed by atoms with Crippen LogP contribution in [0.1, 0.15) is 40.3 Å². The van der Waals surface area contributed by atoms with Crippen molar-refractivity contribution in [2.75, 3.05) is 36.5 Å². The van der Waals surface area contributed by atoms with E-state index in [0.717, 1.165) is 11.8 Å². The van der Waals surface area contributed by atoms with Gasteiger partial charge in [-0.1, -0.05) is 17.7 Å². The first-order chi connectivity index (χ1) is 17.5. The Hall–Kier alpha value is -3.64. The summed E-state index contributed by atoms with van der Waals surface area (Å²) >= 11 is 5.88. The first kappa shape index (κ1) is 25.0. The third-order valence-electron chi connectivity index (χ3n) is 6.14. The van der Waals surface area contributed by atoms with E-state index in [2.05, 4.69) is 15.3 Å². The Balaban J connectivity index is 1.71. The van der Waals surface area contributed by atoms with Crippen molar-refractivity contribution in [1.29, 1.82) is 0 Å².